The number of para-hydroxylation sites is 1. The Kier molecular flexibility index (Phi) is 16.0. The van der Waals surface area contributed by atoms with Crippen LogP contribution in [0.15, 0.2) is 48.5 Å². The Morgan fingerprint density at radius 2 is 1.83 bits per heavy atom. The number of hydrogen-bond donors (Lipinski definition) is 2. The van der Waals surface area contributed by atoms with Crippen LogP contribution >= 0.6 is 0 Å². The Bertz CT molecular complexity index is 1280. The third-order valence-corrected chi connectivity index (χ3v) is 8.91. The van der Waals surface area contributed by atoms with Gasteiger partial charge >= 0.3 is 0 Å². The largest absolute Gasteiger partial charge is 0.497 e. The molecule has 0 bridgehead atoms. The number of carbonyl (C=O) groups is 2. The summed E-state index contributed by atoms with van der Waals surface area (Å²) in [6.07, 6.45) is -2.10. The average Bonchev–Trinajstić information content (AvgIpc) is 3.06. The first kappa shape index (κ1) is 39.2. The van der Waals surface area contributed by atoms with Crippen LogP contribution in [0.5, 0.6) is 11.5 Å². The number of aliphatic hydroxyl groups is 2. The fraction of sp³-hybridized carbons (Fsp3) is 0.611. The molecule has 0 radical (unpaired) electrons. The Morgan fingerprint density at radius 3 is 2.50 bits per heavy atom. The number of amides is 2. The Morgan fingerprint density at radius 1 is 1.08 bits per heavy atom. The van der Waals surface area contributed by atoms with Gasteiger partial charge in [-0.05, 0) is 55.6 Å². The van der Waals surface area contributed by atoms with Crippen LogP contribution in [0.2, 0.25) is 0 Å². The number of methoxy groups -OCH3 is 2. The molecule has 11 nitrogen and oxygen atoms in total. The minimum Gasteiger partial charge on any atom is -0.497 e. The highest BCUT2D eigenvalue weighted by Gasteiger charge is 2.37. The monoisotopic (exact) mass is 675 g/mol. The van der Waals surface area contributed by atoms with Gasteiger partial charge in [0.25, 0.3) is 0 Å². The van der Waals surface area contributed by atoms with Gasteiger partial charge in [0.05, 0.1) is 26.3 Å². The van der Waals surface area contributed by atoms with Crippen molar-refractivity contribution in [2.75, 3.05) is 73.8 Å². The molecule has 2 amide bonds. The average molecular weight is 676 g/mol. The highest BCUT2D eigenvalue weighted by molar-refractivity contribution is 5.79. The predicted octanol–water partition coefficient (Wildman–Crippen LogP) is 3.38. The van der Waals surface area contributed by atoms with E-state index >= 15 is 0 Å². The van der Waals surface area contributed by atoms with Crippen LogP contribution in [-0.4, -0.2) is 129 Å². The van der Waals surface area contributed by atoms with E-state index in [2.05, 4.69) is 13.8 Å². The summed E-state index contributed by atoms with van der Waals surface area (Å²) in [6.45, 7) is 7.23. The molecule has 5 atom stereocenters. The quantitative estimate of drug-likeness (QED) is 0.391. The van der Waals surface area contributed by atoms with Crippen molar-refractivity contribution in [3.05, 3.63) is 59.9 Å². The molecule has 1 fully saturated rings. The number of halogens is 1. The van der Waals surface area contributed by atoms with Crippen LogP contribution in [0.1, 0.15) is 45.2 Å². The fourth-order valence-corrected chi connectivity index (χ4v) is 6.01. The number of ether oxygens (including phenoxy) is 4. The number of hydrogen-bond acceptors (Lipinski definition) is 9. The molecule has 3 rings (SSSR count). The maximum Gasteiger partial charge on any atom is 0.237 e. The van der Waals surface area contributed by atoms with Gasteiger partial charge in [-0.3, -0.25) is 14.5 Å². The minimum absolute atomic E-state index is 0.0146. The Balaban J connectivity index is 1.99. The normalized spacial score (nSPS) is 23.4. The molecule has 1 aliphatic heterocycles. The number of aliphatic hydroxyl groups excluding tert-OH is 2. The smallest absolute Gasteiger partial charge is 0.237 e. The predicted molar refractivity (Wildman–Crippen MR) is 180 cm³/mol. The highest BCUT2D eigenvalue weighted by atomic mass is 19.1. The second-order valence-corrected chi connectivity index (χ2v) is 12.8. The second kappa shape index (κ2) is 19.6. The van der Waals surface area contributed by atoms with Gasteiger partial charge in [-0.2, -0.15) is 0 Å². The molecule has 0 aromatic heterocycles. The van der Waals surface area contributed by atoms with Crippen molar-refractivity contribution in [2.24, 2.45) is 11.8 Å². The van der Waals surface area contributed by atoms with Crippen LogP contribution in [0, 0.1) is 17.7 Å². The Labute approximate surface area is 284 Å². The van der Waals surface area contributed by atoms with Gasteiger partial charge in [0.15, 0.2) is 11.6 Å². The lowest BCUT2D eigenvalue weighted by Gasteiger charge is -2.42. The molecule has 2 N–H and O–H groups in total. The standard InChI is InChI=1S/C36H54FN3O8/c1-25(2)29-21-39(26(3)41)22-33(46-6)36(44)31(42)24-47-18-10-9-16-40(35(29)27-12-11-13-28(20-27)45-5)34(43)23-38(4)17-19-48-32-15-8-7-14-30(32)37/h7-8,11-15,20,25,29,31,33,35-36,42,44H,9-10,16-19,21-24H2,1-6H3/t29-,31+,33+,35-,36+/m1/s1. The number of rotatable bonds is 10. The zero-order chi connectivity index (χ0) is 35.2. The second-order valence-electron chi connectivity index (χ2n) is 12.8. The van der Waals surface area contributed by atoms with Crippen molar-refractivity contribution >= 4 is 11.8 Å². The van der Waals surface area contributed by atoms with Gasteiger partial charge in [0.2, 0.25) is 11.8 Å². The zero-order valence-electron chi connectivity index (χ0n) is 29.2. The van der Waals surface area contributed by atoms with Gasteiger partial charge in [-0.1, -0.05) is 38.1 Å². The van der Waals surface area contributed by atoms with E-state index in [1.54, 1.807) is 30.2 Å². The maximum atomic E-state index is 14.4. The molecule has 2 aromatic rings. The van der Waals surface area contributed by atoms with Crippen molar-refractivity contribution in [1.29, 1.82) is 0 Å². The van der Waals surface area contributed by atoms with Gasteiger partial charge in [0.1, 0.15) is 30.7 Å². The SMILES string of the molecule is COc1cccc([C@@H]2[C@@H](C(C)C)CN(C(C)=O)C[C@H](OC)[C@@H](O)[C@@H](O)COCCCCN2C(=O)CN(C)CCOc2ccccc2F)c1. The van der Waals surface area contributed by atoms with E-state index in [1.165, 1.54) is 20.1 Å². The first-order valence-electron chi connectivity index (χ1n) is 16.7. The molecule has 0 spiro atoms. The van der Waals surface area contributed by atoms with Crippen molar-refractivity contribution < 1.29 is 43.1 Å². The minimum atomic E-state index is -1.27. The first-order chi connectivity index (χ1) is 23.0. The lowest BCUT2D eigenvalue weighted by Crippen LogP contribution is -2.51. The van der Waals surface area contributed by atoms with Crippen molar-refractivity contribution in [2.45, 2.75) is 58.0 Å². The van der Waals surface area contributed by atoms with E-state index in [4.69, 9.17) is 18.9 Å². The van der Waals surface area contributed by atoms with Gasteiger partial charge < -0.3 is 39.0 Å². The molecule has 0 unspecified atom stereocenters. The Hall–Kier alpha value is -3.29. The van der Waals surface area contributed by atoms with Crippen molar-refractivity contribution in [3.8, 4) is 11.5 Å². The molecule has 1 saturated heterocycles. The molecular formula is C36H54FN3O8. The van der Waals surface area contributed by atoms with Crippen LogP contribution < -0.4 is 9.47 Å². The summed E-state index contributed by atoms with van der Waals surface area (Å²) in [4.78, 5) is 32.8. The number of nitrogens with zero attached hydrogens (tertiary/aromatic N) is 3. The van der Waals surface area contributed by atoms with Crippen LogP contribution in [0.4, 0.5) is 4.39 Å². The molecule has 1 heterocycles. The van der Waals surface area contributed by atoms with E-state index in [0.29, 0.717) is 38.3 Å². The molecule has 0 aliphatic carbocycles. The molecule has 2 aromatic carbocycles. The molecular weight excluding hydrogens is 621 g/mol. The zero-order valence-corrected chi connectivity index (χ0v) is 29.2. The third-order valence-electron chi connectivity index (χ3n) is 8.91. The van der Waals surface area contributed by atoms with Gasteiger partial charge in [-0.25, -0.2) is 4.39 Å². The third kappa shape index (κ3) is 11.4. The first-order valence-corrected chi connectivity index (χ1v) is 16.7. The lowest BCUT2D eigenvalue weighted by atomic mass is 9.82. The summed E-state index contributed by atoms with van der Waals surface area (Å²) in [5.74, 6) is -0.184. The summed E-state index contributed by atoms with van der Waals surface area (Å²) in [6, 6.07) is 13.4. The van der Waals surface area contributed by atoms with E-state index < -0.39 is 30.2 Å². The highest BCUT2D eigenvalue weighted by Crippen LogP contribution is 2.37. The van der Waals surface area contributed by atoms with Gasteiger partial charge in [0, 0.05) is 52.7 Å². The topological polar surface area (TPSA) is 121 Å². The molecule has 12 heteroatoms. The van der Waals surface area contributed by atoms with E-state index in [0.717, 1.165) is 5.56 Å². The number of likely N-dealkylation sites (N-methyl/N-ethyl adjacent to an activating group) is 1. The number of carbonyl (C=O) groups excluding carboxylic acids is 2. The molecule has 0 saturated carbocycles. The summed E-state index contributed by atoms with van der Waals surface area (Å²) in [7, 11) is 4.85. The van der Waals surface area contributed by atoms with Crippen LogP contribution in [-0.2, 0) is 19.1 Å². The summed E-state index contributed by atoms with van der Waals surface area (Å²) < 4.78 is 36.6. The van der Waals surface area contributed by atoms with E-state index in [1.807, 2.05) is 41.1 Å². The fourth-order valence-electron chi connectivity index (χ4n) is 6.01. The van der Waals surface area contributed by atoms with Crippen LogP contribution in [0.25, 0.3) is 0 Å². The summed E-state index contributed by atoms with van der Waals surface area (Å²) in [5.41, 5.74) is 0.870. The summed E-state index contributed by atoms with van der Waals surface area (Å²) in [5, 5.41) is 21.5. The van der Waals surface area contributed by atoms with Gasteiger partial charge in [-0.15, -0.1) is 0 Å². The van der Waals surface area contributed by atoms with Crippen molar-refractivity contribution in [3.63, 3.8) is 0 Å². The van der Waals surface area contributed by atoms with E-state index in [9.17, 15) is 24.2 Å². The molecule has 48 heavy (non-hydrogen) atoms. The van der Waals surface area contributed by atoms with E-state index in [-0.39, 0.29) is 62.2 Å². The summed E-state index contributed by atoms with van der Waals surface area (Å²) >= 11 is 0. The lowest BCUT2D eigenvalue weighted by molar-refractivity contribution is -0.140. The maximum absolute atomic E-state index is 14.4. The number of benzene rings is 2. The van der Waals surface area contributed by atoms with Crippen molar-refractivity contribution in [1.82, 2.24) is 14.7 Å². The van der Waals surface area contributed by atoms with Crippen LogP contribution in [0.3, 0.4) is 0 Å². The molecule has 268 valence electrons. The molecule has 1 aliphatic rings.